The van der Waals surface area contributed by atoms with E-state index >= 15 is 0 Å². The fourth-order valence-corrected chi connectivity index (χ4v) is 3.54. The topological polar surface area (TPSA) is 56.4 Å². The van der Waals surface area contributed by atoms with Gasteiger partial charge in [-0.05, 0) is 18.2 Å². The van der Waals surface area contributed by atoms with Crippen LogP contribution in [-0.4, -0.2) is 60.4 Å². The number of rotatable bonds is 9. The van der Waals surface area contributed by atoms with Crippen LogP contribution < -0.4 is 24.6 Å². The van der Waals surface area contributed by atoms with Crippen molar-refractivity contribution in [3.63, 3.8) is 0 Å². The number of carbonyl (C=O) groups excluding carboxylic acids is 1. The van der Waals surface area contributed by atoms with E-state index in [1.54, 1.807) is 14.2 Å². The SMILES string of the molecule is COc1ccc(C[NH+]2CCC(C(=O)NCCC[NH+](C)C)CC2)cc1OC. The van der Waals surface area contributed by atoms with E-state index in [4.69, 9.17) is 9.47 Å². The molecule has 2 rings (SSSR count). The number of carbonyl (C=O) groups is 1. The number of hydrogen-bond donors (Lipinski definition) is 3. The molecule has 1 fully saturated rings. The Morgan fingerprint density at radius 1 is 1.19 bits per heavy atom. The van der Waals surface area contributed by atoms with Gasteiger partial charge in [-0.2, -0.15) is 0 Å². The van der Waals surface area contributed by atoms with E-state index in [0.717, 1.165) is 63.5 Å². The van der Waals surface area contributed by atoms with Gasteiger partial charge < -0.3 is 24.6 Å². The second-order valence-electron chi connectivity index (χ2n) is 7.49. The monoisotopic (exact) mass is 365 g/mol. The largest absolute Gasteiger partial charge is 0.493 e. The lowest BCUT2D eigenvalue weighted by Crippen LogP contribution is -3.11. The van der Waals surface area contributed by atoms with Crippen LogP contribution in [0.5, 0.6) is 11.5 Å². The normalized spacial score (nSPS) is 20.0. The van der Waals surface area contributed by atoms with E-state index in [9.17, 15) is 4.79 Å². The van der Waals surface area contributed by atoms with Crippen molar-refractivity contribution in [2.24, 2.45) is 5.92 Å². The molecule has 6 heteroatoms. The van der Waals surface area contributed by atoms with E-state index in [1.807, 2.05) is 6.07 Å². The Bertz CT molecular complexity index is 569. The fraction of sp³-hybridized carbons (Fsp3) is 0.650. The molecule has 1 aliphatic rings. The zero-order valence-electron chi connectivity index (χ0n) is 16.7. The first-order chi connectivity index (χ1) is 12.5. The summed E-state index contributed by atoms with van der Waals surface area (Å²) in [5.41, 5.74) is 1.24. The highest BCUT2D eigenvalue weighted by atomic mass is 16.5. The molecule has 6 nitrogen and oxygen atoms in total. The third-order valence-electron chi connectivity index (χ3n) is 5.12. The lowest BCUT2D eigenvalue weighted by Gasteiger charge is -2.28. The van der Waals surface area contributed by atoms with Gasteiger partial charge in [0, 0.05) is 37.3 Å². The van der Waals surface area contributed by atoms with Gasteiger partial charge in [0.1, 0.15) is 6.54 Å². The summed E-state index contributed by atoms with van der Waals surface area (Å²) in [4.78, 5) is 15.3. The third-order valence-corrected chi connectivity index (χ3v) is 5.12. The Labute approximate surface area is 157 Å². The molecule has 146 valence electrons. The number of ether oxygens (including phenoxy) is 2. The quantitative estimate of drug-likeness (QED) is 0.500. The lowest BCUT2D eigenvalue weighted by atomic mass is 9.95. The number of nitrogens with one attached hydrogen (secondary N) is 3. The average molecular weight is 366 g/mol. The summed E-state index contributed by atoms with van der Waals surface area (Å²) in [5.74, 6) is 1.95. The molecule has 1 saturated heterocycles. The highest BCUT2D eigenvalue weighted by Crippen LogP contribution is 2.27. The van der Waals surface area contributed by atoms with E-state index in [-0.39, 0.29) is 11.8 Å². The Kier molecular flexibility index (Phi) is 8.19. The lowest BCUT2D eigenvalue weighted by molar-refractivity contribution is -0.919. The number of piperidine rings is 1. The second kappa shape index (κ2) is 10.4. The molecular weight excluding hydrogens is 330 g/mol. The predicted molar refractivity (Wildman–Crippen MR) is 102 cm³/mol. The van der Waals surface area contributed by atoms with Crippen molar-refractivity contribution in [3.05, 3.63) is 23.8 Å². The summed E-state index contributed by atoms with van der Waals surface area (Å²) in [7, 11) is 7.59. The summed E-state index contributed by atoms with van der Waals surface area (Å²) < 4.78 is 10.7. The van der Waals surface area contributed by atoms with Crippen LogP contribution in [0.2, 0.25) is 0 Å². The van der Waals surface area contributed by atoms with Gasteiger partial charge in [0.2, 0.25) is 5.91 Å². The maximum atomic E-state index is 12.3. The van der Waals surface area contributed by atoms with Crippen molar-refractivity contribution in [3.8, 4) is 11.5 Å². The first-order valence-corrected chi connectivity index (χ1v) is 9.64. The second-order valence-corrected chi connectivity index (χ2v) is 7.49. The smallest absolute Gasteiger partial charge is 0.223 e. The van der Waals surface area contributed by atoms with Gasteiger partial charge >= 0.3 is 0 Å². The van der Waals surface area contributed by atoms with Crippen LogP contribution in [-0.2, 0) is 11.3 Å². The molecule has 0 bridgehead atoms. The fourth-order valence-electron chi connectivity index (χ4n) is 3.54. The molecule has 1 aliphatic heterocycles. The van der Waals surface area contributed by atoms with Gasteiger partial charge in [-0.15, -0.1) is 0 Å². The van der Waals surface area contributed by atoms with E-state index < -0.39 is 0 Å². The number of benzene rings is 1. The summed E-state index contributed by atoms with van der Waals surface area (Å²) in [6, 6.07) is 6.11. The summed E-state index contributed by atoms with van der Waals surface area (Å²) in [6.07, 6.45) is 2.97. The molecule has 0 aliphatic carbocycles. The van der Waals surface area contributed by atoms with Crippen molar-refractivity contribution in [2.75, 3.05) is 54.5 Å². The van der Waals surface area contributed by atoms with Crippen molar-refractivity contribution < 1.29 is 24.1 Å². The molecule has 1 heterocycles. The van der Waals surface area contributed by atoms with Gasteiger partial charge in [0.15, 0.2) is 11.5 Å². The minimum atomic E-state index is 0.177. The molecule has 1 amide bonds. The summed E-state index contributed by atoms with van der Waals surface area (Å²) >= 11 is 0. The maximum Gasteiger partial charge on any atom is 0.223 e. The predicted octanol–water partition coefficient (Wildman–Crippen LogP) is -0.850. The van der Waals surface area contributed by atoms with Crippen molar-refractivity contribution in [1.82, 2.24) is 5.32 Å². The van der Waals surface area contributed by atoms with Gasteiger partial charge in [0.25, 0.3) is 0 Å². The minimum Gasteiger partial charge on any atom is -0.493 e. The van der Waals surface area contributed by atoms with Gasteiger partial charge in [-0.3, -0.25) is 4.79 Å². The average Bonchev–Trinajstić information content (AvgIpc) is 2.65. The molecule has 0 aromatic heterocycles. The Hall–Kier alpha value is -1.79. The molecule has 1 aromatic carbocycles. The minimum absolute atomic E-state index is 0.177. The number of methoxy groups -OCH3 is 2. The molecule has 1 aromatic rings. The van der Waals surface area contributed by atoms with Crippen LogP contribution in [0.15, 0.2) is 18.2 Å². The Morgan fingerprint density at radius 3 is 2.50 bits per heavy atom. The van der Waals surface area contributed by atoms with Crippen molar-refractivity contribution in [1.29, 1.82) is 0 Å². The van der Waals surface area contributed by atoms with E-state index in [1.165, 1.54) is 15.4 Å². The van der Waals surface area contributed by atoms with Crippen LogP contribution in [0.25, 0.3) is 0 Å². The molecular formula is C20H35N3O3+2. The molecule has 3 N–H and O–H groups in total. The third kappa shape index (κ3) is 6.18. The summed E-state index contributed by atoms with van der Waals surface area (Å²) in [5, 5.41) is 3.11. The highest BCUT2D eigenvalue weighted by Gasteiger charge is 2.27. The van der Waals surface area contributed by atoms with Gasteiger partial charge in [-0.25, -0.2) is 0 Å². The number of amides is 1. The van der Waals surface area contributed by atoms with Crippen molar-refractivity contribution >= 4 is 5.91 Å². The first-order valence-electron chi connectivity index (χ1n) is 9.64. The molecule has 0 unspecified atom stereocenters. The van der Waals surface area contributed by atoms with Crippen LogP contribution in [0.1, 0.15) is 24.8 Å². The first kappa shape index (κ1) is 20.5. The van der Waals surface area contributed by atoms with Gasteiger partial charge in [-0.1, -0.05) is 0 Å². The number of likely N-dealkylation sites (tertiary alicyclic amines) is 1. The standard InChI is InChI=1S/C20H33N3O3/c1-22(2)11-5-10-21-20(24)17-8-12-23(13-9-17)15-16-6-7-18(25-3)19(14-16)26-4/h6-7,14,17H,5,8-13,15H2,1-4H3,(H,21,24)/p+2. The molecule has 0 atom stereocenters. The van der Waals surface area contributed by atoms with E-state index in [0.29, 0.717) is 0 Å². The molecule has 26 heavy (non-hydrogen) atoms. The Morgan fingerprint density at radius 2 is 1.88 bits per heavy atom. The highest BCUT2D eigenvalue weighted by molar-refractivity contribution is 5.78. The number of hydrogen-bond acceptors (Lipinski definition) is 3. The van der Waals surface area contributed by atoms with Crippen LogP contribution >= 0.6 is 0 Å². The van der Waals surface area contributed by atoms with Crippen LogP contribution in [0.3, 0.4) is 0 Å². The molecule has 0 saturated carbocycles. The summed E-state index contributed by atoms with van der Waals surface area (Å²) in [6.45, 7) is 4.92. The van der Waals surface area contributed by atoms with Crippen LogP contribution in [0.4, 0.5) is 0 Å². The van der Waals surface area contributed by atoms with Crippen molar-refractivity contribution in [2.45, 2.75) is 25.8 Å². The van der Waals surface area contributed by atoms with Gasteiger partial charge in [0.05, 0.1) is 47.9 Å². The number of quaternary nitrogens is 2. The molecule has 0 spiro atoms. The van der Waals surface area contributed by atoms with Crippen LogP contribution in [0, 0.1) is 5.92 Å². The Balaban J connectivity index is 1.75. The maximum absolute atomic E-state index is 12.3. The molecule has 0 radical (unpaired) electrons. The zero-order chi connectivity index (χ0) is 18.9. The van der Waals surface area contributed by atoms with E-state index in [2.05, 4.69) is 31.5 Å². The zero-order valence-corrected chi connectivity index (χ0v) is 16.7.